The van der Waals surface area contributed by atoms with Gasteiger partial charge in [-0.05, 0) is 44.2 Å². The van der Waals surface area contributed by atoms with Crippen molar-refractivity contribution in [2.45, 2.75) is 24.8 Å². The van der Waals surface area contributed by atoms with Crippen molar-refractivity contribution in [3.63, 3.8) is 0 Å². The molecule has 1 aliphatic rings. The average molecular weight is 378 g/mol. The van der Waals surface area contributed by atoms with E-state index in [-0.39, 0.29) is 10.8 Å². The number of rotatable bonds is 5. The van der Waals surface area contributed by atoms with E-state index in [0.29, 0.717) is 32.0 Å². The fourth-order valence-corrected chi connectivity index (χ4v) is 4.07. The normalized spacial score (nSPS) is 17.0. The molecule has 9 heteroatoms. The second kappa shape index (κ2) is 7.56. The number of aryl methyl sites for hydroxylation is 1. The van der Waals surface area contributed by atoms with E-state index in [1.807, 2.05) is 13.0 Å². The van der Waals surface area contributed by atoms with E-state index in [1.165, 1.54) is 16.4 Å². The van der Waals surface area contributed by atoms with Crippen LogP contribution in [0.15, 0.2) is 41.4 Å². The number of ether oxygens (including phenoxy) is 1. The summed E-state index contributed by atoms with van der Waals surface area (Å²) in [4.78, 5) is 12.5. The van der Waals surface area contributed by atoms with Gasteiger partial charge < -0.3 is 10.1 Å². The highest BCUT2D eigenvalue weighted by Crippen LogP contribution is 2.20. The number of hydrogen-bond acceptors (Lipinski definition) is 5. The lowest BCUT2D eigenvalue weighted by atomic mass is 10.2. The van der Waals surface area contributed by atoms with E-state index < -0.39 is 16.1 Å². The lowest BCUT2D eigenvalue weighted by Crippen LogP contribution is -2.40. The molecule has 1 N–H and O–H groups in total. The highest BCUT2D eigenvalue weighted by Gasteiger charge is 2.26. The smallest absolute Gasteiger partial charge is 0.248 e. The van der Waals surface area contributed by atoms with Gasteiger partial charge in [-0.1, -0.05) is 0 Å². The molecule has 3 rings (SSSR count). The Hall–Kier alpha value is -2.23. The van der Waals surface area contributed by atoms with Crippen LogP contribution >= 0.6 is 0 Å². The van der Waals surface area contributed by atoms with Crippen molar-refractivity contribution in [2.75, 3.05) is 31.6 Å². The Labute approximate surface area is 152 Å². The third kappa shape index (κ3) is 3.95. The number of morpholine rings is 1. The van der Waals surface area contributed by atoms with Crippen molar-refractivity contribution >= 4 is 21.6 Å². The average Bonchev–Trinajstić information content (AvgIpc) is 3.08. The molecular weight excluding hydrogens is 356 g/mol. The van der Waals surface area contributed by atoms with Crippen LogP contribution in [0.4, 0.5) is 5.69 Å². The summed E-state index contributed by atoms with van der Waals surface area (Å²) in [6.07, 6.45) is 1.75. The van der Waals surface area contributed by atoms with E-state index in [2.05, 4.69) is 10.4 Å². The SMILES string of the molecule is Cc1ccn(C(C)C(=O)Nc2ccc(S(=O)(=O)N3CCOCC3)cc2)n1. The van der Waals surface area contributed by atoms with Gasteiger partial charge in [0.15, 0.2) is 0 Å². The summed E-state index contributed by atoms with van der Waals surface area (Å²) in [6.45, 7) is 5.10. The van der Waals surface area contributed by atoms with Gasteiger partial charge in [-0.3, -0.25) is 9.48 Å². The topological polar surface area (TPSA) is 93.5 Å². The Morgan fingerprint density at radius 3 is 2.42 bits per heavy atom. The summed E-state index contributed by atoms with van der Waals surface area (Å²) in [5.41, 5.74) is 1.37. The predicted octanol–water partition coefficient (Wildman–Crippen LogP) is 1.41. The summed E-state index contributed by atoms with van der Waals surface area (Å²) < 4.78 is 33.4. The summed E-state index contributed by atoms with van der Waals surface area (Å²) >= 11 is 0. The zero-order valence-electron chi connectivity index (χ0n) is 14.8. The molecule has 8 nitrogen and oxygen atoms in total. The van der Waals surface area contributed by atoms with E-state index in [0.717, 1.165) is 5.69 Å². The molecule has 1 fully saturated rings. The molecule has 1 atom stereocenters. The number of hydrogen-bond donors (Lipinski definition) is 1. The van der Waals surface area contributed by atoms with Gasteiger partial charge in [0.05, 0.1) is 23.8 Å². The van der Waals surface area contributed by atoms with E-state index in [9.17, 15) is 13.2 Å². The van der Waals surface area contributed by atoms with Crippen LogP contribution in [0.3, 0.4) is 0 Å². The van der Waals surface area contributed by atoms with Crippen molar-refractivity contribution in [1.82, 2.24) is 14.1 Å². The van der Waals surface area contributed by atoms with E-state index in [4.69, 9.17) is 4.74 Å². The minimum atomic E-state index is -3.54. The minimum absolute atomic E-state index is 0.202. The summed E-state index contributed by atoms with van der Waals surface area (Å²) in [5.74, 6) is -0.225. The molecule has 1 saturated heterocycles. The van der Waals surface area contributed by atoms with Crippen LogP contribution in [0.5, 0.6) is 0 Å². The third-order valence-corrected chi connectivity index (χ3v) is 6.16. The molecule has 0 bridgehead atoms. The van der Waals surface area contributed by atoms with Crippen molar-refractivity contribution in [1.29, 1.82) is 0 Å². The van der Waals surface area contributed by atoms with Crippen LogP contribution in [0.25, 0.3) is 0 Å². The largest absolute Gasteiger partial charge is 0.379 e. The van der Waals surface area contributed by atoms with Gasteiger partial charge in [-0.2, -0.15) is 9.40 Å². The van der Waals surface area contributed by atoms with E-state index >= 15 is 0 Å². The number of benzene rings is 1. The molecule has 2 aromatic rings. The van der Waals surface area contributed by atoms with Gasteiger partial charge in [-0.25, -0.2) is 8.42 Å². The standard InChI is InChI=1S/C17H22N4O4S/c1-13-7-8-21(19-13)14(2)17(22)18-15-3-5-16(6-4-15)26(23,24)20-9-11-25-12-10-20/h3-8,14H,9-12H2,1-2H3,(H,18,22). The highest BCUT2D eigenvalue weighted by atomic mass is 32.2. The molecule has 1 aromatic heterocycles. The van der Waals surface area contributed by atoms with Gasteiger partial charge in [-0.15, -0.1) is 0 Å². The summed E-state index contributed by atoms with van der Waals surface area (Å²) in [6, 6.07) is 7.54. The highest BCUT2D eigenvalue weighted by molar-refractivity contribution is 7.89. The fourth-order valence-electron chi connectivity index (χ4n) is 2.66. The Morgan fingerprint density at radius 1 is 1.19 bits per heavy atom. The maximum absolute atomic E-state index is 12.6. The Kier molecular flexibility index (Phi) is 5.40. The number of aromatic nitrogens is 2. The van der Waals surface area contributed by atoms with Crippen LogP contribution in [-0.4, -0.2) is 54.7 Å². The third-order valence-electron chi connectivity index (χ3n) is 4.25. The first-order valence-electron chi connectivity index (χ1n) is 8.38. The number of carbonyl (C=O) groups excluding carboxylic acids is 1. The molecule has 140 valence electrons. The fraction of sp³-hybridized carbons (Fsp3) is 0.412. The van der Waals surface area contributed by atoms with Crippen molar-refractivity contribution in [3.8, 4) is 0 Å². The van der Waals surface area contributed by atoms with Crippen LogP contribution in [-0.2, 0) is 19.6 Å². The van der Waals surface area contributed by atoms with Crippen molar-refractivity contribution < 1.29 is 17.9 Å². The van der Waals surface area contributed by atoms with Crippen LogP contribution in [0, 0.1) is 6.92 Å². The maximum Gasteiger partial charge on any atom is 0.248 e. The van der Waals surface area contributed by atoms with Gasteiger partial charge >= 0.3 is 0 Å². The number of anilines is 1. The first-order chi connectivity index (χ1) is 12.4. The Balaban J connectivity index is 1.68. The van der Waals surface area contributed by atoms with Crippen LogP contribution in [0.1, 0.15) is 18.7 Å². The van der Waals surface area contributed by atoms with Crippen molar-refractivity contribution in [3.05, 3.63) is 42.2 Å². The molecule has 1 unspecified atom stereocenters. The Morgan fingerprint density at radius 2 is 1.85 bits per heavy atom. The molecule has 0 radical (unpaired) electrons. The number of carbonyl (C=O) groups is 1. The molecule has 0 spiro atoms. The number of nitrogens with zero attached hydrogens (tertiary/aromatic N) is 3. The summed E-state index contributed by atoms with van der Waals surface area (Å²) in [5, 5.41) is 7.01. The molecule has 1 aliphatic heterocycles. The van der Waals surface area contributed by atoms with Gasteiger partial charge in [0.25, 0.3) is 0 Å². The lowest BCUT2D eigenvalue weighted by Gasteiger charge is -2.26. The van der Waals surface area contributed by atoms with Crippen LogP contribution in [0.2, 0.25) is 0 Å². The van der Waals surface area contributed by atoms with Gasteiger partial charge in [0.1, 0.15) is 6.04 Å². The monoisotopic (exact) mass is 378 g/mol. The van der Waals surface area contributed by atoms with E-state index in [1.54, 1.807) is 29.9 Å². The first-order valence-corrected chi connectivity index (χ1v) is 9.82. The maximum atomic E-state index is 12.6. The lowest BCUT2D eigenvalue weighted by molar-refractivity contribution is -0.119. The number of amides is 1. The first kappa shape index (κ1) is 18.6. The number of nitrogens with one attached hydrogen (secondary N) is 1. The quantitative estimate of drug-likeness (QED) is 0.849. The van der Waals surface area contributed by atoms with Gasteiger partial charge in [0.2, 0.25) is 15.9 Å². The molecule has 2 heterocycles. The minimum Gasteiger partial charge on any atom is -0.379 e. The molecule has 0 saturated carbocycles. The molecule has 1 amide bonds. The second-order valence-electron chi connectivity index (χ2n) is 6.14. The second-order valence-corrected chi connectivity index (χ2v) is 8.08. The molecule has 26 heavy (non-hydrogen) atoms. The molecule has 1 aromatic carbocycles. The summed E-state index contributed by atoms with van der Waals surface area (Å²) in [7, 11) is -3.54. The van der Waals surface area contributed by atoms with Crippen LogP contribution < -0.4 is 5.32 Å². The predicted molar refractivity (Wildman–Crippen MR) is 96.3 cm³/mol. The van der Waals surface area contributed by atoms with Gasteiger partial charge in [0, 0.05) is 25.0 Å². The Bertz CT molecular complexity index is 870. The zero-order chi connectivity index (χ0) is 18.7. The van der Waals surface area contributed by atoms with Crippen molar-refractivity contribution in [2.24, 2.45) is 0 Å². The molecule has 0 aliphatic carbocycles. The zero-order valence-corrected chi connectivity index (χ0v) is 15.6. The molecular formula is C17H22N4O4S. The number of sulfonamides is 1.